The lowest BCUT2D eigenvalue weighted by Gasteiger charge is -2.71. The molecule has 4 bridgehead atoms. The SMILES string of the molecule is CCOC(=O)N(C[C@@H]1CC[C@H]2C[C@@H]1C2(C)C)C[C@]1(O)CC[C@H]2[C@]34C=C[C@@]5(C=C3C(=O)c3ccccc3-c3ccccc3)CC(O)CC[C@]5(C)[C@H]4CC[C@@]21C. The Bertz CT molecular complexity index is 1900. The zero-order valence-electron chi connectivity index (χ0n) is 33.2. The van der Waals surface area contributed by atoms with Gasteiger partial charge in [-0.05, 0) is 123 Å². The molecule has 2 aromatic rings. The van der Waals surface area contributed by atoms with E-state index < -0.39 is 27.9 Å². The number of ether oxygens (including phenoxy) is 1. The van der Waals surface area contributed by atoms with Crippen molar-refractivity contribution in [2.45, 2.75) is 111 Å². The summed E-state index contributed by atoms with van der Waals surface area (Å²) in [5.74, 6) is 2.05. The summed E-state index contributed by atoms with van der Waals surface area (Å²) < 4.78 is 5.72. The van der Waals surface area contributed by atoms with Gasteiger partial charge >= 0.3 is 6.09 Å². The smallest absolute Gasteiger partial charge is 0.409 e. The van der Waals surface area contributed by atoms with Gasteiger partial charge in [0.1, 0.15) is 0 Å². The molecule has 0 aromatic heterocycles. The number of Topliss-reactive ketones (excluding diaryl/α,β-unsaturated/α-hetero) is 1. The van der Waals surface area contributed by atoms with E-state index in [9.17, 15) is 15.0 Å². The Morgan fingerprint density at radius 2 is 1.56 bits per heavy atom. The van der Waals surface area contributed by atoms with E-state index >= 15 is 4.79 Å². The summed E-state index contributed by atoms with van der Waals surface area (Å²) >= 11 is 0. The number of hydrogen-bond acceptors (Lipinski definition) is 5. The van der Waals surface area contributed by atoms with Crippen molar-refractivity contribution in [2.75, 3.05) is 19.7 Å². The Morgan fingerprint density at radius 1 is 0.852 bits per heavy atom. The van der Waals surface area contributed by atoms with Crippen LogP contribution in [-0.4, -0.2) is 58.4 Å². The second kappa shape index (κ2) is 12.4. The van der Waals surface area contributed by atoms with Crippen LogP contribution in [0.4, 0.5) is 4.79 Å². The summed E-state index contributed by atoms with van der Waals surface area (Å²) in [7, 11) is 0. The molecule has 2 N–H and O–H groups in total. The first kappa shape index (κ1) is 36.4. The van der Waals surface area contributed by atoms with Crippen LogP contribution in [0.2, 0.25) is 0 Å². The molecular formula is C48H61NO5. The molecular weight excluding hydrogens is 671 g/mol. The van der Waals surface area contributed by atoms with Gasteiger partial charge in [0.15, 0.2) is 5.78 Å². The summed E-state index contributed by atoms with van der Waals surface area (Å²) in [5.41, 5.74) is 1.07. The molecule has 6 heteroatoms. The zero-order chi connectivity index (χ0) is 37.9. The van der Waals surface area contributed by atoms with E-state index in [0.717, 1.165) is 61.1 Å². The van der Waals surface area contributed by atoms with Crippen LogP contribution in [0, 0.1) is 56.7 Å². The number of nitrogens with zero attached hydrogens (tertiary/aromatic N) is 1. The van der Waals surface area contributed by atoms with Crippen LogP contribution in [0.1, 0.15) is 109 Å². The van der Waals surface area contributed by atoms with E-state index in [4.69, 9.17) is 4.74 Å². The van der Waals surface area contributed by atoms with Gasteiger partial charge < -0.3 is 19.8 Å². The molecule has 6 fully saturated rings. The average Bonchev–Trinajstić information content (AvgIpc) is 3.44. The fraction of sp³-hybridized carbons (Fsp3) is 0.625. The van der Waals surface area contributed by atoms with Crippen LogP contribution in [0.3, 0.4) is 0 Å². The number of rotatable bonds is 8. The topological polar surface area (TPSA) is 87.1 Å². The van der Waals surface area contributed by atoms with Gasteiger partial charge in [-0.1, -0.05) is 101 Å². The molecule has 288 valence electrons. The first-order valence-electron chi connectivity index (χ1n) is 21.2. The zero-order valence-corrected chi connectivity index (χ0v) is 33.2. The van der Waals surface area contributed by atoms with Crippen molar-refractivity contribution in [3.8, 4) is 11.1 Å². The minimum atomic E-state index is -1.13. The van der Waals surface area contributed by atoms with E-state index in [2.05, 4.69) is 64.1 Å². The molecule has 2 spiro atoms. The van der Waals surface area contributed by atoms with E-state index in [1.807, 2.05) is 48.2 Å². The molecule has 0 aliphatic heterocycles. The first-order chi connectivity index (χ1) is 25.7. The van der Waals surface area contributed by atoms with E-state index in [0.29, 0.717) is 48.8 Å². The molecule has 11 rings (SSSR count). The van der Waals surface area contributed by atoms with E-state index in [1.54, 1.807) is 0 Å². The number of allylic oxidation sites excluding steroid dienone is 4. The molecule has 2 aromatic carbocycles. The predicted octanol–water partition coefficient (Wildman–Crippen LogP) is 9.66. The lowest BCUT2D eigenvalue weighted by Crippen LogP contribution is -2.67. The largest absolute Gasteiger partial charge is 0.450 e. The average molecular weight is 732 g/mol. The van der Waals surface area contributed by atoms with Gasteiger partial charge in [-0.2, -0.15) is 0 Å². The lowest BCUT2D eigenvalue weighted by atomic mass is 9.32. The molecule has 11 atom stereocenters. The molecule has 6 saturated carbocycles. The van der Waals surface area contributed by atoms with Gasteiger partial charge in [0.05, 0.1) is 24.9 Å². The summed E-state index contributed by atoms with van der Waals surface area (Å²) in [5, 5.41) is 24.4. The van der Waals surface area contributed by atoms with Crippen molar-refractivity contribution in [1.82, 2.24) is 4.90 Å². The molecule has 6 nitrogen and oxygen atoms in total. The number of benzene rings is 2. The minimum Gasteiger partial charge on any atom is -0.450 e. The maximum Gasteiger partial charge on any atom is 0.409 e. The van der Waals surface area contributed by atoms with Crippen LogP contribution < -0.4 is 0 Å². The summed E-state index contributed by atoms with van der Waals surface area (Å²) in [4.78, 5) is 31.2. The maximum atomic E-state index is 15.5. The highest BCUT2D eigenvalue weighted by molar-refractivity contribution is 6.14. The number of aliphatic hydroxyl groups excluding tert-OH is 1. The van der Waals surface area contributed by atoms with Crippen molar-refractivity contribution in [3.05, 3.63) is 84.0 Å². The maximum absolute atomic E-state index is 15.5. The Balaban J connectivity index is 1.12. The van der Waals surface area contributed by atoms with Crippen molar-refractivity contribution < 1.29 is 24.5 Å². The molecule has 0 radical (unpaired) electrons. The number of carbonyl (C=O) groups excluding carboxylic acids is 2. The number of ketones is 1. The Labute approximate surface area is 322 Å². The third-order valence-corrected chi connectivity index (χ3v) is 17.6. The molecule has 1 unspecified atom stereocenters. The monoisotopic (exact) mass is 731 g/mol. The number of aliphatic hydroxyl groups is 2. The number of hydrogen-bond donors (Lipinski definition) is 2. The standard InChI is InChI=1S/C48H61NO5/c1-6-54-42(52)49(29-32-16-17-33-26-37(32)43(33,2)3)30-47(53)23-20-40-45(47,5)22-19-39-44(4)21-18-34(50)27-46(44)24-25-48(39,40)38(28-46)41(51)36-15-11-10-14-35(36)31-12-8-7-9-13-31/h7-15,24-25,28,32-34,37,39-40,50,53H,6,16-23,26-27,29-30H2,1-5H3/t32-,33-,34?,37-,39+,40+,44+,45-,46-,47+,48+/m0/s1. The molecule has 54 heavy (non-hydrogen) atoms. The third kappa shape index (κ3) is 4.83. The fourth-order valence-electron chi connectivity index (χ4n) is 14.5. The Kier molecular flexibility index (Phi) is 8.36. The minimum absolute atomic E-state index is 0.0103. The number of fused-ring (bicyclic) bond motifs is 3. The molecule has 0 heterocycles. The Hall–Kier alpha value is -3.22. The van der Waals surface area contributed by atoms with Crippen molar-refractivity contribution >= 4 is 11.9 Å². The van der Waals surface area contributed by atoms with Crippen LogP contribution in [0.5, 0.6) is 0 Å². The number of amides is 1. The third-order valence-electron chi connectivity index (χ3n) is 17.6. The molecule has 9 aliphatic carbocycles. The van der Waals surface area contributed by atoms with Gasteiger partial charge in [0.2, 0.25) is 0 Å². The van der Waals surface area contributed by atoms with Gasteiger partial charge in [-0.15, -0.1) is 0 Å². The van der Waals surface area contributed by atoms with Gasteiger partial charge in [-0.25, -0.2) is 4.79 Å². The second-order valence-corrected chi connectivity index (χ2v) is 19.8. The highest BCUT2D eigenvalue weighted by atomic mass is 16.6. The lowest BCUT2D eigenvalue weighted by molar-refractivity contribution is -0.176. The van der Waals surface area contributed by atoms with Gasteiger partial charge in [0.25, 0.3) is 0 Å². The van der Waals surface area contributed by atoms with Crippen LogP contribution in [0.25, 0.3) is 11.1 Å². The van der Waals surface area contributed by atoms with Crippen molar-refractivity contribution in [2.24, 2.45) is 56.7 Å². The normalized spacial score (nSPS) is 42.2. The highest BCUT2D eigenvalue weighted by Crippen LogP contribution is 2.78. The van der Waals surface area contributed by atoms with Crippen LogP contribution >= 0.6 is 0 Å². The van der Waals surface area contributed by atoms with Gasteiger partial charge in [-0.3, -0.25) is 4.79 Å². The fourth-order valence-corrected chi connectivity index (χ4v) is 14.5. The molecule has 0 saturated heterocycles. The highest BCUT2D eigenvalue weighted by Gasteiger charge is 2.74. The predicted molar refractivity (Wildman–Crippen MR) is 211 cm³/mol. The summed E-state index contributed by atoms with van der Waals surface area (Å²) in [6.07, 6.45) is 15.3. The quantitative estimate of drug-likeness (QED) is 0.209. The first-order valence-corrected chi connectivity index (χ1v) is 21.2. The second-order valence-electron chi connectivity index (χ2n) is 19.8. The van der Waals surface area contributed by atoms with Crippen molar-refractivity contribution in [1.29, 1.82) is 0 Å². The molecule has 1 amide bonds. The van der Waals surface area contributed by atoms with Gasteiger partial charge in [0, 0.05) is 33.9 Å². The summed E-state index contributed by atoms with van der Waals surface area (Å²) in [6, 6.07) is 18.2. The number of carbonyl (C=O) groups is 2. The molecule has 9 aliphatic rings. The van der Waals surface area contributed by atoms with E-state index in [1.165, 1.54) is 12.8 Å². The van der Waals surface area contributed by atoms with Crippen LogP contribution in [-0.2, 0) is 4.74 Å². The van der Waals surface area contributed by atoms with Crippen LogP contribution in [0.15, 0.2) is 78.4 Å². The Morgan fingerprint density at radius 3 is 2.30 bits per heavy atom. The van der Waals surface area contributed by atoms with E-state index in [-0.39, 0.29) is 35.7 Å². The summed E-state index contributed by atoms with van der Waals surface area (Å²) in [6.45, 7) is 12.6. The van der Waals surface area contributed by atoms with Crippen molar-refractivity contribution in [3.63, 3.8) is 0 Å².